The number of carboxylic acids is 1. The summed E-state index contributed by atoms with van der Waals surface area (Å²) < 4.78 is 54.0. The van der Waals surface area contributed by atoms with Crippen LogP contribution in [-0.2, 0) is 71.1 Å². The number of aliphatic hydroxyl groups is 1. The molecule has 91 heavy (non-hydrogen) atoms. The van der Waals surface area contributed by atoms with Gasteiger partial charge < -0.3 is 59.1 Å². The standard InChI is InChI=1S/C69H127N2O19P/c1-7-13-19-22-25-28-31-34-40-43-54(85-61(75)46-37-16-10-4)49-59(73)70-57(68(79)80)53-84-69-65(71-60(74)50-55(86-62(76)47-38-17-11-5)44-41-35-32-29-26-23-20-14-8-2)67(66(58(52-72)88-69)90-91(81,82)83)89-64(78)51-56(87-63(77)48-39-18-12-6)45-42-36-33-30-27-24-21-15-9-3/h54-58,65-67,69,72H,7-53H2,1-6H3,(H,70,73)(H,71,74)(H,79,80)(H2,81,82,83)/t54-,55-,56-,57+,58?,65?,66-,67-,69-/m1/s1. The van der Waals surface area contributed by atoms with E-state index in [4.69, 9.17) is 32.9 Å². The highest BCUT2D eigenvalue weighted by atomic mass is 31.2. The molecule has 2 unspecified atom stereocenters. The maximum Gasteiger partial charge on any atom is 0.470 e. The SMILES string of the molecule is CCCCCCCCCCC[C@H](CC(=O)NC1[C@H](OC[C@H](NC(=O)C[C@@H](CCCCCCCCCCC)OC(=O)CCCCC)C(=O)O)OC(CO)[C@@H](OP(=O)(O)O)[C@@H]1OC(=O)C[C@@H](CCCCCCCCCCC)OC(=O)CCCCC)OC(=O)CCCCC. The molecule has 21 nitrogen and oxygen atoms in total. The molecule has 1 saturated heterocycles. The van der Waals surface area contributed by atoms with Gasteiger partial charge in [0.15, 0.2) is 18.4 Å². The van der Waals surface area contributed by atoms with E-state index in [9.17, 15) is 58.1 Å². The molecule has 2 amide bonds. The van der Waals surface area contributed by atoms with Crippen LogP contribution in [0.3, 0.4) is 0 Å². The van der Waals surface area contributed by atoms with Crippen molar-refractivity contribution < 1.29 is 91.1 Å². The van der Waals surface area contributed by atoms with Crippen LogP contribution >= 0.6 is 7.82 Å². The fourth-order valence-electron chi connectivity index (χ4n) is 11.4. The maximum absolute atomic E-state index is 14.6. The molecule has 1 fully saturated rings. The Morgan fingerprint density at radius 2 is 0.791 bits per heavy atom. The highest BCUT2D eigenvalue weighted by Gasteiger charge is 2.52. The van der Waals surface area contributed by atoms with Gasteiger partial charge in [-0.15, -0.1) is 0 Å². The number of hydrogen-bond acceptors (Lipinski definition) is 16. The predicted molar refractivity (Wildman–Crippen MR) is 351 cm³/mol. The number of phosphoric ester groups is 1. The number of esters is 4. The van der Waals surface area contributed by atoms with Crippen LogP contribution in [0.15, 0.2) is 0 Å². The van der Waals surface area contributed by atoms with Gasteiger partial charge in [0.1, 0.15) is 36.6 Å². The highest BCUT2D eigenvalue weighted by Crippen LogP contribution is 2.42. The van der Waals surface area contributed by atoms with E-state index >= 15 is 0 Å². The van der Waals surface area contributed by atoms with Gasteiger partial charge in [0.05, 0.1) is 32.5 Å². The van der Waals surface area contributed by atoms with Crippen LogP contribution in [0, 0.1) is 0 Å². The number of rotatable bonds is 61. The number of ether oxygens (including phenoxy) is 6. The molecule has 0 aliphatic carbocycles. The third-order valence-corrected chi connectivity index (χ3v) is 17.2. The molecule has 0 aromatic rings. The lowest BCUT2D eigenvalue weighted by atomic mass is 9.95. The van der Waals surface area contributed by atoms with Gasteiger partial charge >= 0.3 is 37.7 Å². The van der Waals surface area contributed by atoms with Crippen LogP contribution in [0.4, 0.5) is 0 Å². The Morgan fingerprint density at radius 1 is 0.451 bits per heavy atom. The smallest absolute Gasteiger partial charge is 0.470 e. The molecule has 0 aromatic carbocycles. The third kappa shape index (κ3) is 45.3. The first-order valence-electron chi connectivity index (χ1n) is 36.1. The quantitative estimate of drug-likeness (QED) is 0.0143. The number of unbranched alkanes of at least 4 members (excludes halogenated alkanes) is 30. The van der Waals surface area contributed by atoms with E-state index in [1.807, 2.05) is 20.8 Å². The van der Waals surface area contributed by atoms with E-state index in [0.717, 1.165) is 148 Å². The Labute approximate surface area is 547 Å². The minimum absolute atomic E-state index is 0.110. The van der Waals surface area contributed by atoms with Gasteiger partial charge in [-0.2, -0.15) is 0 Å². The first-order chi connectivity index (χ1) is 43.8. The summed E-state index contributed by atoms with van der Waals surface area (Å²) in [7, 11) is -5.54. The molecule has 0 saturated carbocycles. The molecule has 0 bridgehead atoms. The number of carbonyl (C=O) groups is 7. The average Bonchev–Trinajstić information content (AvgIpc) is 1.06. The van der Waals surface area contributed by atoms with Crippen LogP contribution in [0.2, 0.25) is 0 Å². The summed E-state index contributed by atoms with van der Waals surface area (Å²) in [6.45, 7) is 10.6. The Balaban J connectivity index is 3.78. The van der Waals surface area contributed by atoms with Crippen molar-refractivity contribution in [2.75, 3.05) is 13.2 Å². The van der Waals surface area contributed by atoms with E-state index in [1.54, 1.807) is 0 Å². The average molecular weight is 1320 g/mol. The minimum Gasteiger partial charge on any atom is -0.480 e. The minimum atomic E-state index is -5.54. The monoisotopic (exact) mass is 1320 g/mol. The lowest BCUT2D eigenvalue weighted by Crippen LogP contribution is -2.66. The Morgan fingerprint density at radius 3 is 1.14 bits per heavy atom. The van der Waals surface area contributed by atoms with Crippen LogP contribution in [0.1, 0.15) is 330 Å². The Bertz CT molecular complexity index is 1960. The van der Waals surface area contributed by atoms with E-state index in [-0.39, 0.29) is 32.1 Å². The Hall–Kier alpha value is -3.72. The van der Waals surface area contributed by atoms with E-state index in [2.05, 4.69) is 31.4 Å². The van der Waals surface area contributed by atoms with Gasteiger partial charge in [-0.3, -0.25) is 33.3 Å². The number of phosphoric acid groups is 1. The first kappa shape index (κ1) is 85.3. The van der Waals surface area contributed by atoms with Crippen molar-refractivity contribution in [2.45, 2.75) is 385 Å². The molecule has 1 heterocycles. The number of hydrogen-bond donors (Lipinski definition) is 6. The Kier molecular flexibility index (Phi) is 52.1. The molecular formula is C69H127N2O19P. The molecule has 1 rings (SSSR count). The molecule has 22 heteroatoms. The molecule has 1 aliphatic heterocycles. The van der Waals surface area contributed by atoms with Crippen molar-refractivity contribution in [3.63, 3.8) is 0 Å². The maximum atomic E-state index is 14.6. The van der Waals surface area contributed by atoms with Crippen molar-refractivity contribution in [3.8, 4) is 0 Å². The van der Waals surface area contributed by atoms with Crippen LogP contribution < -0.4 is 10.6 Å². The fraction of sp³-hybridized carbons (Fsp3) is 0.899. The second-order valence-electron chi connectivity index (χ2n) is 25.3. The van der Waals surface area contributed by atoms with Gasteiger partial charge in [0.2, 0.25) is 11.8 Å². The summed E-state index contributed by atoms with van der Waals surface area (Å²) >= 11 is 0. The number of nitrogens with one attached hydrogen (secondary N) is 2. The van der Waals surface area contributed by atoms with Crippen LogP contribution in [0.5, 0.6) is 0 Å². The summed E-state index contributed by atoms with van der Waals surface area (Å²) in [5.74, 6) is -5.65. The van der Waals surface area contributed by atoms with E-state index < -0.39 is 131 Å². The largest absolute Gasteiger partial charge is 0.480 e. The second kappa shape index (κ2) is 55.6. The van der Waals surface area contributed by atoms with Gasteiger partial charge in [0, 0.05) is 19.3 Å². The zero-order valence-corrected chi connectivity index (χ0v) is 58.2. The van der Waals surface area contributed by atoms with Crippen molar-refractivity contribution in [3.05, 3.63) is 0 Å². The fourth-order valence-corrected chi connectivity index (χ4v) is 12.0. The van der Waals surface area contributed by atoms with Gasteiger partial charge in [0.25, 0.3) is 0 Å². The van der Waals surface area contributed by atoms with Gasteiger partial charge in [-0.25, -0.2) is 9.36 Å². The van der Waals surface area contributed by atoms with Crippen molar-refractivity contribution in [1.29, 1.82) is 0 Å². The lowest BCUT2D eigenvalue weighted by Gasteiger charge is -2.45. The second-order valence-corrected chi connectivity index (χ2v) is 26.5. The number of carbonyl (C=O) groups excluding carboxylic acids is 6. The third-order valence-electron chi connectivity index (χ3n) is 16.7. The summed E-state index contributed by atoms with van der Waals surface area (Å²) in [5, 5.41) is 26.5. The number of carboxylic acid groups (broad SMARTS) is 1. The van der Waals surface area contributed by atoms with E-state index in [0.29, 0.717) is 51.4 Å². The van der Waals surface area contributed by atoms with Crippen LogP contribution in [0.25, 0.3) is 0 Å². The molecule has 0 radical (unpaired) electrons. The highest BCUT2D eigenvalue weighted by molar-refractivity contribution is 7.46. The molecular weight excluding hydrogens is 1190 g/mol. The van der Waals surface area contributed by atoms with E-state index in [1.165, 1.54) is 44.9 Å². The normalized spacial score (nSPS) is 18.0. The molecule has 0 aromatic heterocycles. The molecule has 0 spiro atoms. The van der Waals surface area contributed by atoms with Gasteiger partial charge in [-0.1, -0.05) is 234 Å². The van der Waals surface area contributed by atoms with Crippen molar-refractivity contribution in [2.24, 2.45) is 0 Å². The number of aliphatic hydroxyl groups excluding tert-OH is 1. The summed E-state index contributed by atoms with van der Waals surface area (Å²) in [4.78, 5) is 116. The van der Waals surface area contributed by atoms with Gasteiger partial charge in [-0.05, 0) is 57.8 Å². The van der Waals surface area contributed by atoms with Crippen molar-refractivity contribution >= 4 is 49.5 Å². The molecule has 1 aliphatic rings. The van der Waals surface area contributed by atoms with Crippen molar-refractivity contribution in [1.82, 2.24) is 10.6 Å². The predicted octanol–water partition coefficient (Wildman–Crippen LogP) is 14.6. The summed E-state index contributed by atoms with van der Waals surface area (Å²) in [5.41, 5.74) is 0. The van der Waals surface area contributed by atoms with Crippen LogP contribution in [-0.4, -0.2) is 130 Å². The number of aliphatic carboxylic acids is 1. The zero-order chi connectivity index (χ0) is 67.3. The summed E-state index contributed by atoms with van der Waals surface area (Å²) in [6, 6.07) is -3.59. The summed E-state index contributed by atoms with van der Waals surface area (Å²) in [6.07, 6.45) is 24.1. The zero-order valence-electron chi connectivity index (χ0n) is 57.3. The molecule has 9 atom stereocenters. The molecule has 532 valence electrons. The first-order valence-corrected chi connectivity index (χ1v) is 37.6. The molecule has 6 N–H and O–H groups in total. The topological polar surface area (TPSA) is 306 Å². The number of amides is 2. The lowest BCUT2D eigenvalue weighted by molar-refractivity contribution is -0.272.